The van der Waals surface area contributed by atoms with Gasteiger partial charge in [-0.2, -0.15) is 0 Å². The zero-order valence-electron chi connectivity index (χ0n) is 8.80. The first-order valence-corrected chi connectivity index (χ1v) is 6.02. The second-order valence-electron chi connectivity index (χ2n) is 3.22. The molecule has 1 amide bonds. The third-order valence-electron chi connectivity index (χ3n) is 1.98. The van der Waals surface area contributed by atoms with Crippen LogP contribution in [0.5, 0.6) is 0 Å². The number of carbonyl (C=O) groups excluding carboxylic acids is 1. The quantitative estimate of drug-likeness (QED) is 0.577. The molecule has 1 heterocycles. The van der Waals surface area contributed by atoms with E-state index in [2.05, 4.69) is 4.72 Å². The van der Waals surface area contributed by atoms with E-state index in [0.29, 0.717) is 0 Å². The van der Waals surface area contributed by atoms with Crippen molar-refractivity contribution in [1.82, 2.24) is 9.29 Å². The number of hydrogen-bond acceptors (Lipinski definition) is 4. The number of nitrogens with two attached hydrogens (primary N) is 2. The summed E-state index contributed by atoms with van der Waals surface area (Å²) in [4.78, 5) is 10.9. The lowest BCUT2D eigenvalue weighted by Crippen LogP contribution is -2.28. The van der Waals surface area contributed by atoms with E-state index in [1.807, 2.05) is 0 Å². The van der Waals surface area contributed by atoms with Gasteiger partial charge >= 0.3 is 0 Å². The lowest BCUT2D eigenvalue weighted by atomic mass is 10.4. The van der Waals surface area contributed by atoms with Crippen LogP contribution >= 0.6 is 0 Å². The Kier molecular flexibility index (Phi) is 3.68. The fourth-order valence-corrected chi connectivity index (χ4v) is 2.32. The predicted molar refractivity (Wildman–Crippen MR) is 58.2 cm³/mol. The molecule has 0 spiro atoms. The predicted octanol–water partition coefficient (Wildman–Crippen LogP) is -1.64. The topological polar surface area (TPSA) is 120 Å². The molecule has 16 heavy (non-hydrogen) atoms. The largest absolute Gasteiger partial charge is 0.364 e. The van der Waals surface area contributed by atoms with Crippen molar-refractivity contribution in [3.05, 3.63) is 18.0 Å². The number of hydrogen-bond donors (Lipinski definition) is 3. The number of primary amides is 1. The van der Waals surface area contributed by atoms with E-state index in [4.69, 9.17) is 11.5 Å². The van der Waals surface area contributed by atoms with Gasteiger partial charge in [0.2, 0.25) is 10.0 Å². The lowest BCUT2D eigenvalue weighted by molar-refractivity contribution is 0.0992. The molecular weight excluding hydrogens is 232 g/mol. The summed E-state index contributed by atoms with van der Waals surface area (Å²) in [5.74, 6) is -0.678. The minimum Gasteiger partial charge on any atom is -0.364 e. The van der Waals surface area contributed by atoms with Gasteiger partial charge in [-0.3, -0.25) is 4.79 Å². The maximum Gasteiger partial charge on any atom is 0.265 e. The van der Waals surface area contributed by atoms with Crippen LogP contribution in [0.2, 0.25) is 0 Å². The van der Waals surface area contributed by atoms with E-state index in [-0.39, 0.29) is 23.7 Å². The first kappa shape index (κ1) is 12.7. The van der Waals surface area contributed by atoms with E-state index in [1.54, 1.807) is 7.05 Å². The summed E-state index contributed by atoms with van der Waals surface area (Å²) < 4.78 is 26.9. The van der Waals surface area contributed by atoms with E-state index in [9.17, 15) is 13.2 Å². The molecule has 0 aliphatic rings. The molecule has 1 aromatic rings. The number of nitrogens with one attached hydrogen (secondary N) is 1. The lowest BCUT2D eigenvalue weighted by Gasteiger charge is -2.01. The summed E-state index contributed by atoms with van der Waals surface area (Å²) in [5.41, 5.74) is 10.4. The normalized spacial score (nSPS) is 11.6. The van der Waals surface area contributed by atoms with Crippen LogP contribution in [0.4, 0.5) is 0 Å². The summed E-state index contributed by atoms with van der Waals surface area (Å²) in [5, 5.41) is 0. The zero-order chi connectivity index (χ0) is 12.3. The fraction of sp³-hybridized carbons (Fsp3) is 0.375. The monoisotopic (exact) mass is 246 g/mol. The van der Waals surface area contributed by atoms with E-state index < -0.39 is 15.9 Å². The Morgan fingerprint density at radius 2 is 2.19 bits per heavy atom. The van der Waals surface area contributed by atoms with Gasteiger partial charge in [-0.15, -0.1) is 0 Å². The number of sulfonamides is 1. The van der Waals surface area contributed by atoms with Gasteiger partial charge in [-0.1, -0.05) is 0 Å². The standard InChI is InChI=1S/C8H14N4O3S/c1-12-5-6(4-7(12)8(10)13)16(14,15)11-3-2-9/h4-5,11H,2-3,9H2,1H3,(H2,10,13). The van der Waals surface area contributed by atoms with Crippen molar-refractivity contribution < 1.29 is 13.2 Å². The molecule has 0 saturated carbocycles. The first-order valence-electron chi connectivity index (χ1n) is 4.54. The van der Waals surface area contributed by atoms with E-state index in [1.165, 1.54) is 16.8 Å². The molecule has 0 aliphatic heterocycles. The van der Waals surface area contributed by atoms with Crippen LogP contribution in [0.25, 0.3) is 0 Å². The number of rotatable bonds is 5. The highest BCUT2D eigenvalue weighted by Gasteiger charge is 2.18. The van der Waals surface area contributed by atoms with E-state index in [0.717, 1.165) is 0 Å². The molecule has 7 nitrogen and oxygen atoms in total. The van der Waals surface area contributed by atoms with Crippen molar-refractivity contribution in [2.75, 3.05) is 13.1 Å². The zero-order valence-corrected chi connectivity index (χ0v) is 9.62. The van der Waals surface area contributed by atoms with Crippen molar-refractivity contribution in [2.45, 2.75) is 4.90 Å². The Bertz CT molecular complexity index is 491. The van der Waals surface area contributed by atoms with Gasteiger partial charge in [0.1, 0.15) is 10.6 Å². The van der Waals surface area contributed by atoms with Crippen molar-refractivity contribution in [3.63, 3.8) is 0 Å². The fourth-order valence-electron chi connectivity index (χ4n) is 1.20. The second-order valence-corrected chi connectivity index (χ2v) is 4.99. The van der Waals surface area contributed by atoms with Crippen molar-refractivity contribution in [3.8, 4) is 0 Å². The number of amides is 1. The van der Waals surface area contributed by atoms with Gasteiger partial charge in [-0.05, 0) is 6.07 Å². The number of carbonyl (C=O) groups is 1. The highest BCUT2D eigenvalue weighted by Crippen LogP contribution is 2.12. The molecule has 8 heteroatoms. The third kappa shape index (κ3) is 2.60. The van der Waals surface area contributed by atoms with Crippen LogP contribution < -0.4 is 16.2 Å². The molecule has 1 rings (SSSR count). The van der Waals surface area contributed by atoms with Gasteiger partial charge in [0.15, 0.2) is 0 Å². The average Bonchev–Trinajstić information content (AvgIpc) is 2.58. The van der Waals surface area contributed by atoms with Crippen LogP contribution in [0.1, 0.15) is 10.5 Å². The minimum absolute atomic E-state index is 0.00255. The molecule has 0 radical (unpaired) electrons. The van der Waals surface area contributed by atoms with Crippen LogP contribution in [0.3, 0.4) is 0 Å². The Hall–Kier alpha value is -1.38. The van der Waals surface area contributed by atoms with Crippen LogP contribution in [0, 0.1) is 0 Å². The Morgan fingerprint density at radius 1 is 1.56 bits per heavy atom. The van der Waals surface area contributed by atoms with Crippen LogP contribution in [0.15, 0.2) is 17.2 Å². The maximum absolute atomic E-state index is 11.6. The Balaban J connectivity index is 3.06. The summed E-state index contributed by atoms with van der Waals surface area (Å²) in [6.45, 7) is 0.345. The summed E-state index contributed by atoms with van der Waals surface area (Å²) in [6.07, 6.45) is 1.32. The minimum atomic E-state index is -3.62. The highest BCUT2D eigenvalue weighted by molar-refractivity contribution is 7.89. The molecule has 5 N–H and O–H groups in total. The average molecular weight is 246 g/mol. The molecule has 0 saturated heterocycles. The third-order valence-corrected chi connectivity index (χ3v) is 3.41. The molecule has 90 valence electrons. The van der Waals surface area contributed by atoms with Crippen molar-refractivity contribution in [2.24, 2.45) is 18.5 Å². The summed E-state index contributed by atoms with van der Waals surface area (Å²) in [6, 6.07) is 1.22. The molecule has 0 atom stereocenters. The van der Waals surface area contributed by atoms with Gasteiger partial charge in [0.05, 0.1) is 0 Å². The molecule has 0 aliphatic carbocycles. The summed E-state index contributed by atoms with van der Waals surface area (Å²) >= 11 is 0. The summed E-state index contributed by atoms with van der Waals surface area (Å²) in [7, 11) is -2.07. The Morgan fingerprint density at radius 3 is 2.62 bits per heavy atom. The molecule has 0 unspecified atom stereocenters. The molecule has 0 aromatic carbocycles. The first-order chi connectivity index (χ1) is 7.38. The van der Waals surface area contributed by atoms with Crippen LogP contribution in [-0.2, 0) is 17.1 Å². The van der Waals surface area contributed by atoms with Crippen molar-refractivity contribution >= 4 is 15.9 Å². The van der Waals surface area contributed by atoms with Gasteiger partial charge in [0.25, 0.3) is 5.91 Å². The van der Waals surface area contributed by atoms with E-state index >= 15 is 0 Å². The second kappa shape index (κ2) is 4.64. The highest BCUT2D eigenvalue weighted by atomic mass is 32.2. The molecule has 0 fully saturated rings. The SMILES string of the molecule is Cn1cc(S(=O)(=O)NCCN)cc1C(N)=O. The van der Waals surface area contributed by atoms with Gasteiger partial charge < -0.3 is 16.0 Å². The Labute approximate surface area is 93.5 Å². The van der Waals surface area contributed by atoms with Gasteiger partial charge in [-0.25, -0.2) is 13.1 Å². The van der Waals surface area contributed by atoms with Crippen molar-refractivity contribution in [1.29, 1.82) is 0 Å². The smallest absolute Gasteiger partial charge is 0.265 e. The number of aromatic nitrogens is 1. The van der Waals surface area contributed by atoms with Crippen LogP contribution in [-0.4, -0.2) is 32.0 Å². The van der Waals surface area contributed by atoms with Gasteiger partial charge in [0, 0.05) is 26.3 Å². The molecule has 1 aromatic heterocycles. The number of nitrogens with zero attached hydrogens (tertiary/aromatic N) is 1. The molecule has 0 bridgehead atoms. The maximum atomic E-state index is 11.6. The molecular formula is C8H14N4O3S. The number of aryl methyl sites for hydroxylation is 1.